The molecule has 0 aliphatic heterocycles. The lowest BCUT2D eigenvalue weighted by Gasteiger charge is -2.36. The Hall–Kier alpha value is -4.50. The lowest BCUT2D eigenvalue weighted by molar-refractivity contribution is 0.619. The second-order valence-corrected chi connectivity index (χ2v) is 8.99. The molecule has 0 amide bonds. The molecule has 0 bridgehead atoms. The van der Waals surface area contributed by atoms with Gasteiger partial charge < -0.3 is 4.42 Å². The van der Waals surface area contributed by atoms with Gasteiger partial charge in [0.15, 0.2) is 5.58 Å². The lowest BCUT2D eigenvalue weighted by atomic mass is 9.67. The van der Waals surface area contributed by atoms with E-state index in [1.807, 2.05) is 36.5 Å². The van der Waals surface area contributed by atoms with E-state index in [0.29, 0.717) is 5.89 Å². The van der Waals surface area contributed by atoms with Gasteiger partial charge in [-0.1, -0.05) is 78.9 Å². The monoisotopic (exact) mass is 450 g/mol. The second kappa shape index (κ2) is 8.07. The quantitative estimate of drug-likeness (QED) is 0.284. The molecule has 2 atom stereocenters. The van der Waals surface area contributed by atoms with E-state index >= 15 is 0 Å². The van der Waals surface area contributed by atoms with Crippen LogP contribution in [0.1, 0.15) is 28.3 Å². The second-order valence-electron chi connectivity index (χ2n) is 8.99. The molecule has 0 radical (unpaired) electrons. The molecule has 5 aromatic rings. The Morgan fingerprint density at radius 2 is 1.57 bits per heavy atom. The van der Waals surface area contributed by atoms with Crippen molar-refractivity contribution in [2.24, 2.45) is 5.92 Å². The molecule has 3 aromatic carbocycles. The molecule has 0 spiro atoms. The van der Waals surface area contributed by atoms with Crippen LogP contribution in [0.15, 0.2) is 131 Å². The van der Waals surface area contributed by atoms with Gasteiger partial charge in [0.25, 0.3) is 0 Å². The molecule has 0 saturated heterocycles. The van der Waals surface area contributed by atoms with Gasteiger partial charge in [-0.05, 0) is 58.7 Å². The van der Waals surface area contributed by atoms with Gasteiger partial charge in [-0.25, -0.2) is 4.98 Å². The summed E-state index contributed by atoms with van der Waals surface area (Å²) in [5.74, 6) is 1.11. The van der Waals surface area contributed by atoms with Crippen LogP contribution in [0.4, 0.5) is 0 Å². The van der Waals surface area contributed by atoms with Crippen LogP contribution in [0.5, 0.6) is 0 Å². The van der Waals surface area contributed by atoms with Crippen LogP contribution < -0.4 is 0 Å². The summed E-state index contributed by atoms with van der Waals surface area (Å²) in [5.41, 5.74) is 10.1. The molecule has 0 N–H and O–H groups in total. The van der Waals surface area contributed by atoms with Crippen LogP contribution in [-0.4, -0.2) is 9.97 Å². The van der Waals surface area contributed by atoms with Crippen LogP contribution in [-0.2, 0) is 0 Å². The summed E-state index contributed by atoms with van der Waals surface area (Å²) < 4.78 is 6.00. The Kier molecular flexibility index (Phi) is 4.59. The molecule has 166 valence electrons. The van der Waals surface area contributed by atoms with E-state index < -0.39 is 0 Å². The fourth-order valence-electron chi connectivity index (χ4n) is 5.46. The fourth-order valence-corrected chi connectivity index (χ4v) is 5.46. The molecule has 2 unspecified atom stereocenters. The Balaban J connectivity index is 1.35. The lowest BCUT2D eigenvalue weighted by Crippen LogP contribution is -2.23. The predicted octanol–water partition coefficient (Wildman–Crippen LogP) is 7.58. The van der Waals surface area contributed by atoms with Crippen molar-refractivity contribution in [1.29, 1.82) is 0 Å². The SMILES string of the molecule is C1=CC2=C(c3ccccn3)c3ccccc3C(c3ccc(-c4nc5ccccc5o4)cc3)C2C=C1. The summed E-state index contributed by atoms with van der Waals surface area (Å²) in [7, 11) is 0. The van der Waals surface area contributed by atoms with Crippen LogP contribution in [0, 0.1) is 5.92 Å². The number of para-hydroxylation sites is 2. The summed E-state index contributed by atoms with van der Waals surface area (Å²) in [4.78, 5) is 9.39. The highest BCUT2D eigenvalue weighted by molar-refractivity contribution is 5.87. The number of hydrogen-bond acceptors (Lipinski definition) is 3. The average Bonchev–Trinajstić information content (AvgIpc) is 3.37. The summed E-state index contributed by atoms with van der Waals surface area (Å²) in [5, 5.41) is 0. The summed E-state index contributed by atoms with van der Waals surface area (Å²) >= 11 is 0. The number of allylic oxidation sites excluding steroid dienone is 5. The van der Waals surface area contributed by atoms with Crippen molar-refractivity contribution in [3.63, 3.8) is 0 Å². The van der Waals surface area contributed by atoms with Gasteiger partial charge in [-0.15, -0.1) is 0 Å². The van der Waals surface area contributed by atoms with Crippen molar-refractivity contribution in [1.82, 2.24) is 9.97 Å². The van der Waals surface area contributed by atoms with Gasteiger partial charge in [0.05, 0.1) is 5.69 Å². The minimum Gasteiger partial charge on any atom is -0.436 e. The van der Waals surface area contributed by atoms with E-state index in [1.165, 1.54) is 27.8 Å². The van der Waals surface area contributed by atoms with Crippen molar-refractivity contribution in [2.45, 2.75) is 5.92 Å². The minimum atomic E-state index is 0.215. The maximum atomic E-state index is 6.00. The molecule has 2 aromatic heterocycles. The third-order valence-corrected chi connectivity index (χ3v) is 7.01. The smallest absolute Gasteiger partial charge is 0.227 e. The summed E-state index contributed by atoms with van der Waals surface area (Å²) in [6, 6.07) is 31.5. The zero-order chi connectivity index (χ0) is 23.2. The number of rotatable bonds is 3. The molecule has 0 saturated carbocycles. The summed E-state index contributed by atoms with van der Waals surface area (Å²) in [6.45, 7) is 0. The van der Waals surface area contributed by atoms with Crippen molar-refractivity contribution < 1.29 is 4.42 Å². The molecule has 2 aliphatic carbocycles. The van der Waals surface area contributed by atoms with Crippen molar-refractivity contribution in [2.75, 3.05) is 0 Å². The summed E-state index contributed by atoms with van der Waals surface area (Å²) in [6.07, 6.45) is 10.8. The third kappa shape index (κ3) is 3.28. The number of fused-ring (bicyclic) bond motifs is 3. The highest BCUT2D eigenvalue weighted by Crippen LogP contribution is 2.49. The molecule has 2 heterocycles. The maximum Gasteiger partial charge on any atom is 0.227 e. The van der Waals surface area contributed by atoms with Crippen molar-refractivity contribution >= 4 is 16.7 Å². The molecule has 7 rings (SSSR count). The Morgan fingerprint density at radius 3 is 2.43 bits per heavy atom. The van der Waals surface area contributed by atoms with Crippen LogP contribution in [0.3, 0.4) is 0 Å². The van der Waals surface area contributed by atoms with Crippen molar-refractivity contribution in [3.05, 3.63) is 149 Å². The van der Waals surface area contributed by atoms with E-state index in [1.54, 1.807) is 0 Å². The van der Waals surface area contributed by atoms with Gasteiger partial charge >= 0.3 is 0 Å². The minimum absolute atomic E-state index is 0.215. The zero-order valence-corrected chi connectivity index (χ0v) is 19.0. The third-order valence-electron chi connectivity index (χ3n) is 7.01. The maximum absolute atomic E-state index is 6.00. The first-order valence-electron chi connectivity index (χ1n) is 11.9. The van der Waals surface area contributed by atoms with Gasteiger partial charge in [-0.2, -0.15) is 0 Å². The molecule has 35 heavy (non-hydrogen) atoms. The van der Waals surface area contributed by atoms with E-state index in [9.17, 15) is 0 Å². The molecular formula is C32H22N2O. The van der Waals surface area contributed by atoms with E-state index in [2.05, 4.69) is 90.0 Å². The van der Waals surface area contributed by atoms with Crippen LogP contribution in [0.25, 0.3) is 28.1 Å². The fraction of sp³-hybridized carbons (Fsp3) is 0.0625. The predicted molar refractivity (Wildman–Crippen MR) is 140 cm³/mol. The standard InChI is InChI=1S/C32H22N2O/c1-3-11-25-23(9-1)30(24-10-2-4-12-26(24)31(25)28-14-7-8-20-33-28)21-16-18-22(19-17-21)32-34-27-13-5-6-15-29(27)35-32/h1-20,23,30H. The average molecular weight is 451 g/mol. The normalized spacial score (nSPS) is 18.5. The van der Waals surface area contributed by atoms with Gasteiger partial charge in [-0.3, -0.25) is 4.98 Å². The number of oxazole rings is 1. The first kappa shape index (κ1) is 19.9. The highest BCUT2D eigenvalue weighted by Gasteiger charge is 2.35. The number of pyridine rings is 1. The molecule has 2 aliphatic rings. The number of nitrogens with zero attached hydrogens (tertiary/aromatic N) is 2. The number of aromatic nitrogens is 2. The van der Waals surface area contributed by atoms with Gasteiger partial charge in [0.2, 0.25) is 5.89 Å². The van der Waals surface area contributed by atoms with Gasteiger partial charge in [0.1, 0.15) is 5.52 Å². The van der Waals surface area contributed by atoms with E-state index in [4.69, 9.17) is 9.40 Å². The Morgan fingerprint density at radius 1 is 0.743 bits per heavy atom. The number of benzene rings is 3. The van der Waals surface area contributed by atoms with E-state index in [-0.39, 0.29) is 11.8 Å². The number of hydrogen-bond donors (Lipinski definition) is 0. The van der Waals surface area contributed by atoms with Crippen LogP contribution in [0.2, 0.25) is 0 Å². The van der Waals surface area contributed by atoms with E-state index in [0.717, 1.165) is 22.4 Å². The first-order valence-corrected chi connectivity index (χ1v) is 11.9. The van der Waals surface area contributed by atoms with Crippen LogP contribution >= 0.6 is 0 Å². The topological polar surface area (TPSA) is 38.9 Å². The Labute approximate surface area is 203 Å². The largest absolute Gasteiger partial charge is 0.436 e. The molecular weight excluding hydrogens is 428 g/mol. The zero-order valence-electron chi connectivity index (χ0n) is 19.0. The van der Waals surface area contributed by atoms with Crippen molar-refractivity contribution in [3.8, 4) is 11.5 Å². The molecule has 0 fully saturated rings. The molecule has 3 nitrogen and oxygen atoms in total. The molecule has 3 heteroatoms. The first-order chi connectivity index (χ1) is 17.4. The Bertz CT molecular complexity index is 1610. The van der Waals surface area contributed by atoms with Gasteiger partial charge in [0, 0.05) is 29.2 Å². The highest BCUT2D eigenvalue weighted by atomic mass is 16.3.